The number of aryl methyl sites for hydroxylation is 1. The van der Waals surface area contributed by atoms with Crippen LogP contribution in [-0.4, -0.2) is 47.1 Å². The van der Waals surface area contributed by atoms with Crippen molar-refractivity contribution in [2.24, 2.45) is 10.7 Å². The number of carbonyl (C=O) groups excluding carboxylic acids is 1. The first-order valence-corrected chi connectivity index (χ1v) is 11.1. The van der Waals surface area contributed by atoms with Gasteiger partial charge < -0.3 is 24.9 Å². The fourth-order valence-electron chi connectivity index (χ4n) is 3.57. The van der Waals surface area contributed by atoms with Crippen molar-refractivity contribution in [3.05, 3.63) is 47.6 Å². The van der Waals surface area contributed by atoms with Crippen molar-refractivity contribution in [2.75, 3.05) is 31.4 Å². The summed E-state index contributed by atoms with van der Waals surface area (Å²) in [6.07, 6.45) is 3.60. The van der Waals surface area contributed by atoms with E-state index in [1.807, 2.05) is 32.0 Å². The van der Waals surface area contributed by atoms with E-state index in [0.717, 1.165) is 34.5 Å². The summed E-state index contributed by atoms with van der Waals surface area (Å²) in [5, 5.41) is 4.34. The van der Waals surface area contributed by atoms with Crippen LogP contribution in [0.25, 0.3) is 11.0 Å². The minimum absolute atomic E-state index is 0.177. The maximum absolute atomic E-state index is 12.8. The smallest absolute Gasteiger partial charge is 0.275 e. The molecule has 0 unspecified atom stereocenters. The number of nitrogens with one attached hydrogen (secondary N) is 1. The number of aromatic nitrogens is 2. The quantitative estimate of drug-likeness (QED) is 0.519. The zero-order valence-electron chi connectivity index (χ0n) is 18.2. The molecule has 1 amide bonds. The number of nitrogens with zero attached hydrogens (tertiary/aromatic N) is 3. The van der Waals surface area contributed by atoms with E-state index in [0.29, 0.717) is 29.9 Å². The first-order valence-electron chi connectivity index (χ1n) is 10.2. The number of anilines is 1. The van der Waals surface area contributed by atoms with Crippen molar-refractivity contribution in [3.8, 4) is 5.88 Å². The first-order chi connectivity index (χ1) is 15.4. The molecule has 1 atom stereocenters. The van der Waals surface area contributed by atoms with Gasteiger partial charge in [0.1, 0.15) is 23.6 Å². The monoisotopic (exact) mass is 455 g/mol. The number of nitrogens with two attached hydrogens (primary N) is 1. The van der Waals surface area contributed by atoms with Crippen LogP contribution < -0.4 is 15.8 Å². The summed E-state index contributed by atoms with van der Waals surface area (Å²) in [5.41, 5.74) is 7.91. The lowest BCUT2D eigenvalue weighted by atomic mass is 9.88. The minimum atomic E-state index is -0.542. The fraction of sp³-hybridized carbons (Fsp3) is 0.364. The first kappa shape index (κ1) is 22.1. The van der Waals surface area contributed by atoms with E-state index in [-0.39, 0.29) is 11.6 Å². The van der Waals surface area contributed by atoms with Gasteiger partial charge in [0.2, 0.25) is 5.88 Å². The molecule has 3 heterocycles. The average Bonchev–Trinajstić information content (AvgIpc) is 3.13. The Morgan fingerprint density at radius 2 is 2.12 bits per heavy atom. The summed E-state index contributed by atoms with van der Waals surface area (Å²) < 4.78 is 16.3. The van der Waals surface area contributed by atoms with Crippen molar-refractivity contribution in [2.45, 2.75) is 25.8 Å². The fourth-order valence-corrected chi connectivity index (χ4v) is 4.54. The Bertz CT molecular complexity index is 1160. The van der Waals surface area contributed by atoms with Crippen LogP contribution in [0.5, 0.6) is 5.88 Å². The van der Waals surface area contributed by atoms with Crippen LogP contribution in [0.4, 0.5) is 5.69 Å². The van der Waals surface area contributed by atoms with Crippen LogP contribution in [0, 0.1) is 6.92 Å². The Kier molecular flexibility index (Phi) is 6.33. The Labute approximate surface area is 189 Å². The number of hydrogen-bond donors (Lipinski definition) is 2. The highest BCUT2D eigenvalue weighted by molar-refractivity contribution is 8.13. The molecule has 0 aliphatic carbocycles. The lowest BCUT2D eigenvalue weighted by Gasteiger charge is -2.30. The van der Waals surface area contributed by atoms with E-state index in [2.05, 4.69) is 15.3 Å². The van der Waals surface area contributed by atoms with Crippen molar-refractivity contribution in [1.29, 1.82) is 0 Å². The van der Waals surface area contributed by atoms with Crippen molar-refractivity contribution in [1.82, 2.24) is 9.97 Å². The van der Waals surface area contributed by atoms with Gasteiger partial charge in [-0.3, -0.25) is 9.79 Å². The molecule has 2 aromatic heterocycles. The molecule has 0 radical (unpaired) electrons. The number of ether oxygens (including phenoxy) is 2. The van der Waals surface area contributed by atoms with E-state index < -0.39 is 5.54 Å². The number of rotatable bonds is 7. The van der Waals surface area contributed by atoms with E-state index >= 15 is 0 Å². The third kappa shape index (κ3) is 4.71. The number of thioether (sulfide) groups is 1. The molecule has 3 aromatic rings. The maximum Gasteiger partial charge on any atom is 0.275 e. The summed E-state index contributed by atoms with van der Waals surface area (Å²) >= 11 is 1.54. The Morgan fingerprint density at radius 3 is 2.84 bits per heavy atom. The number of amidine groups is 1. The van der Waals surface area contributed by atoms with E-state index in [4.69, 9.17) is 24.6 Å². The molecule has 0 spiro atoms. The number of carbonyl (C=O) groups is 1. The molecule has 9 nitrogen and oxygen atoms in total. The minimum Gasteiger partial charge on any atom is -0.474 e. The van der Waals surface area contributed by atoms with Crippen LogP contribution >= 0.6 is 11.8 Å². The predicted molar refractivity (Wildman–Crippen MR) is 124 cm³/mol. The zero-order chi connectivity index (χ0) is 22.7. The van der Waals surface area contributed by atoms with Gasteiger partial charge >= 0.3 is 0 Å². The molecule has 1 aliphatic heterocycles. The normalized spacial score (nSPS) is 18.4. The van der Waals surface area contributed by atoms with Gasteiger partial charge in [-0.2, -0.15) is 0 Å². The number of benzene rings is 1. The van der Waals surface area contributed by atoms with Crippen molar-refractivity contribution in [3.63, 3.8) is 0 Å². The second-order valence-electron chi connectivity index (χ2n) is 7.66. The Balaban J connectivity index is 1.61. The second kappa shape index (κ2) is 9.17. The lowest BCUT2D eigenvalue weighted by molar-refractivity contribution is 0.102. The lowest BCUT2D eigenvalue weighted by Crippen LogP contribution is -2.29. The molecule has 32 heavy (non-hydrogen) atoms. The molecule has 168 valence electrons. The van der Waals surface area contributed by atoms with Gasteiger partial charge in [-0.15, -0.1) is 0 Å². The summed E-state index contributed by atoms with van der Waals surface area (Å²) in [7, 11) is 1.59. The van der Waals surface area contributed by atoms with Gasteiger partial charge in [0.15, 0.2) is 5.17 Å². The average molecular weight is 456 g/mol. The number of aliphatic imine (C=N–C) groups is 1. The summed E-state index contributed by atoms with van der Waals surface area (Å²) in [4.78, 5) is 25.8. The van der Waals surface area contributed by atoms with Crippen molar-refractivity contribution >= 4 is 39.5 Å². The zero-order valence-corrected chi connectivity index (χ0v) is 19.0. The number of amides is 1. The highest BCUT2D eigenvalue weighted by atomic mass is 32.2. The third-order valence-corrected chi connectivity index (χ3v) is 5.97. The van der Waals surface area contributed by atoms with E-state index in [1.54, 1.807) is 7.11 Å². The Hall–Kier alpha value is -3.11. The van der Waals surface area contributed by atoms with Crippen molar-refractivity contribution < 1.29 is 18.7 Å². The van der Waals surface area contributed by atoms with E-state index in [9.17, 15) is 4.79 Å². The SMILES string of the molecule is COCCOc1cnc(C(=O)Nc2cc([C@]3(C)CCSC(N)=N3)c3oc(C)cc3c2)cn1. The molecule has 0 fully saturated rings. The van der Waals surface area contributed by atoms with Gasteiger partial charge in [0, 0.05) is 29.5 Å². The predicted octanol–water partition coefficient (Wildman–Crippen LogP) is 3.48. The van der Waals surface area contributed by atoms with Gasteiger partial charge in [-0.25, -0.2) is 9.97 Å². The second-order valence-corrected chi connectivity index (χ2v) is 8.77. The largest absolute Gasteiger partial charge is 0.474 e. The highest BCUT2D eigenvalue weighted by Gasteiger charge is 2.33. The molecular weight excluding hydrogens is 430 g/mol. The third-order valence-electron chi connectivity index (χ3n) is 5.17. The van der Waals surface area contributed by atoms with Gasteiger partial charge in [-0.05, 0) is 38.5 Å². The molecule has 1 aliphatic rings. The Morgan fingerprint density at radius 1 is 1.28 bits per heavy atom. The number of methoxy groups -OCH3 is 1. The number of fused-ring (bicyclic) bond motifs is 1. The van der Waals surface area contributed by atoms with Gasteiger partial charge in [0.05, 0.1) is 24.5 Å². The number of hydrogen-bond acceptors (Lipinski definition) is 9. The highest BCUT2D eigenvalue weighted by Crippen LogP contribution is 2.41. The number of furan rings is 1. The molecule has 10 heteroatoms. The molecule has 4 rings (SSSR count). The molecular formula is C22H25N5O4S. The standard InChI is InChI=1S/C22H25N5O4S/c1-13-8-14-9-15(10-16(19(14)31-13)22(2)4-7-32-21(23)27-22)26-20(28)17-11-25-18(12-24-17)30-6-5-29-3/h8-12H,4-7H2,1-3H3,(H2,23,27)(H,26,28)/t22-/m0/s1. The van der Waals surface area contributed by atoms with Gasteiger partial charge in [0.25, 0.3) is 5.91 Å². The summed E-state index contributed by atoms with van der Waals surface area (Å²) in [6, 6.07) is 5.71. The topological polar surface area (TPSA) is 125 Å². The van der Waals surface area contributed by atoms with Gasteiger partial charge in [-0.1, -0.05) is 11.8 Å². The summed E-state index contributed by atoms with van der Waals surface area (Å²) in [5.74, 6) is 1.59. The molecule has 1 aromatic carbocycles. The molecule has 3 N–H and O–H groups in total. The van der Waals surface area contributed by atoms with Crippen LogP contribution in [-0.2, 0) is 10.3 Å². The van der Waals surface area contributed by atoms with Crippen LogP contribution in [0.15, 0.2) is 40.0 Å². The van der Waals surface area contributed by atoms with Crippen LogP contribution in [0.2, 0.25) is 0 Å². The molecule has 0 saturated carbocycles. The molecule has 0 bridgehead atoms. The maximum atomic E-state index is 12.8. The van der Waals surface area contributed by atoms with Crippen LogP contribution in [0.1, 0.15) is 35.2 Å². The van der Waals surface area contributed by atoms with Crippen LogP contribution in [0.3, 0.4) is 0 Å². The molecule has 0 saturated heterocycles. The van der Waals surface area contributed by atoms with E-state index in [1.165, 1.54) is 24.2 Å². The summed E-state index contributed by atoms with van der Waals surface area (Å²) in [6.45, 7) is 4.72.